The molecule has 0 aromatic heterocycles. The third-order valence-electron chi connectivity index (χ3n) is 3.40. The Morgan fingerprint density at radius 1 is 1.04 bits per heavy atom. The molecule has 0 aliphatic carbocycles. The molecule has 5 heteroatoms. The smallest absolute Gasteiger partial charge is 0.163 e. The second-order valence-electron chi connectivity index (χ2n) is 5.78. The van der Waals surface area contributed by atoms with E-state index < -0.39 is 0 Å². The van der Waals surface area contributed by atoms with Crippen LogP contribution in [0.25, 0.3) is 0 Å². The lowest BCUT2D eigenvalue weighted by Crippen LogP contribution is -2.22. The van der Waals surface area contributed by atoms with Crippen molar-refractivity contribution >= 4 is 23.2 Å². The minimum Gasteiger partial charge on any atom is -0.490 e. The molecular formula is C19H23Cl2NO2. The van der Waals surface area contributed by atoms with Crippen molar-refractivity contribution in [2.75, 3.05) is 6.61 Å². The lowest BCUT2D eigenvalue weighted by atomic mass is 10.2. The van der Waals surface area contributed by atoms with Gasteiger partial charge in [0.15, 0.2) is 11.5 Å². The molecule has 2 aromatic carbocycles. The maximum Gasteiger partial charge on any atom is 0.163 e. The largest absolute Gasteiger partial charge is 0.490 e. The number of hydrogen-bond acceptors (Lipinski definition) is 3. The minimum absolute atomic E-state index is 0.385. The van der Waals surface area contributed by atoms with Gasteiger partial charge in [-0.3, -0.25) is 0 Å². The van der Waals surface area contributed by atoms with Crippen LogP contribution in [0.2, 0.25) is 10.0 Å². The first kappa shape index (κ1) is 18.9. The lowest BCUT2D eigenvalue weighted by molar-refractivity contribution is 0.269. The molecule has 0 saturated carbocycles. The fourth-order valence-corrected chi connectivity index (χ4v) is 2.63. The Bertz CT molecular complexity index is 674. The summed E-state index contributed by atoms with van der Waals surface area (Å²) in [5.74, 6) is 1.33. The van der Waals surface area contributed by atoms with Crippen molar-refractivity contribution in [3.63, 3.8) is 0 Å². The summed E-state index contributed by atoms with van der Waals surface area (Å²) in [5.41, 5.74) is 1.98. The highest BCUT2D eigenvalue weighted by atomic mass is 35.5. The standard InChI is InChI=1S/C19H23Cl2NO2/c1-4-23-18-9-15(11-22-13(2)3)17(21)10-19(18)24-12-14-6-5-7-16(20)8-14/h5-10,13,22H,4,11-12H2,1-3H3. The molecule has 0 fully saturated rings. The Kier molecular flexibility index (Phi) is 7.22. The van der Waals surface area contributed by atoms with Gasteiger partial charge in [-0.05, 0) is 36.2 Å². The third-order valence-corrected chi connectivity index (χ3v) is 3.98. The monoisotopic (exact) mass is 367 g/mol. The topological polar surface area (TPSA) is 30.5 Å². The molecule has 0 bridgehead atoms. The predicted octanol–water partition coefficient (Wildman–Crippen LogP) is 5.47. The van der Waals surface area contributed by atoms with Crippen molar-refractivity contribution in [3.8, 4) is 11.5 Å². The fraction of sp³-hybridized carbons (Fsp3) is 0.368. The zero-order valence-electron chi connectivity index (χ0n) is 14.2. The number of rotatable bonds is 8. The van der Waals surface area contributed by atoms with Crippen molar-refractivity contribution in [1.82, 2.24) is 5.32 Å². The van der Waals surface area contributed by atoms with E-state index in [-0.39, 0.29) is 0 Å². The van der Waals surface area contributed by atoms with Gasteiger partial charge in [0.1, 0.15) is 6.61 Å². The zero-order chi connectivity index (χ0) is 17.5. The van der Waals surface area contributed by atoms with E-state index in [0.29, 0.717) is 47.3 Å². The second-order valence-corrected chi connectivity index (χ2v) is 6.62. The highest BCUT2D eigenvalue weighted by Crippen LogP contribution is 2.34. The molecular weight excluding hydrogens is 345 g/mol. The van der Waals surface area contributed by atoms with Crippen LogP contribution < -0.4 is 14.8 Å². The predicted molar refractivity (Wildman–Crippen MR) is 100 cm³/mol. The third kappa shape index (κ3) is 5.59. The molecule has 0 aliphatic heterocycles. The normalized spacial score (nSPS) is 10.9. The van der Waals surface area contributed by atoms with Crippen molar-refractivity contribution in [2.24, 2.45) is 0 Å². The molecule has 0 amide bonds. The molecule has 0 spiro atoms. The van der Waals surface area contributed by atoms with Gasteiger partial charge in [-0.2, -0.15) is 0 Å². The van der Waals surface area contributed by atoms with Gasteiger partial charge in [0.05, 0.1) is 6.61 Å². The van der Waals surface area contributed by atoms with E-state index >= 15 is 0 Å². The van der Waals surface area contributed by atoms with Gasteiger partial charge in [0, 0.05) is 28.7 Å². The van der Waals surface area contributed by atoms with Crippen LogP contribution in [-0.4, -0.2) is 12.6 Å². The maximum absolute atomic E-state index is 6.40. The van der Waals surface area contributed by atoms with Gasteiger partial charge in [-0.15, -0.1) is 0 Å². The molecule has 2 rings (SSSR count). The SMILES string of the molecule is CCOc1cc(CNC(C)C)c(Cl)cc1OCc1cccc(Cl)c1. The minimum atomic E-state index is 0.385. The van der Waals surface area contributed by atoms with Gasteiger partial charge in [-0.1, -0.05) is 49.2 Å². The average Bonchev–Trinajstić information content (AvgIpc) is 2.53. The summed E-state index contributed by atoms with van der Waals surface area (Å²) in [6, 6.07) is 11.7. The molecule has 24 heavy (non-hydrogen) atoms. The number of halogens is 2. The first-order valence-electron chi connectivity index (χ1n) is 8.05. The van der Waals surface area contributed by atoms with E-state index in [1.165, 1.54) is 0 Å². The Balaban J connectivity index is 2.16. The summed E-state index contributed by atoms with van der Waals surface area (Å²) in [7, 11) is 0. The molecule has 0 unspecified atom stereocenters. The molecule has 0 radical (unpaired) electrons. The molecule has 0 saturated heterocycles. The van der Waals surface area contributed by atoms with Crippen LogP contribution in [0.1, 0.15) is 31.9 Å². The van der Waals surface area contributed by atoms with Crippen LogP contribution in [0, 0.1) is 0 Å². The Labute approximate surface area is 153 Å². The first-order chi connectivity index (χ1) is 11.5. The van der Waals surface area contributed by atoms with Gasteiger partial charge in [0.25, 0.3) is 0 Å². The maximum atomic E-state index is 6.40. The van der Waals surface area contributed by atoms with Crippen LogP contribution >= 0.6 is 23.2 Å². The molecule has 130 valence electrons. The molecule has 3 nitrogen and oxygen atoms in total. The lowest BCUT2D eigenvalue weighted by Gasteiger charge is -2.16. The summed E-state index contributed by atoms with van der Waals surface area (Å²) < 4.78 is 11.6. The van der Waals surface area contributed by atoms with Crippen molar-refractivity contribution in [1.29, 1.82) is 0 Å². The molecule has 0 heterocycles. The zero-order valence-corrected chi connectivity index (χ0v) is 15.7. The summed E-state index contributed by atoms with van der Waals surface area (Å²) in [5, 5.41) is 4.71. The van der Waals surface area contributed by atoms with Crippen molar-refractivity contribution in [2.45, 2.75) is 40.0 Å². The van der Waals surface area contributed by atoms with E-state index in [1.807, 2.05) is 43.3 Å². The quantitative estimate of drug-likeness (QED) is 0.670. The van der Waals surface area contributed by atoms with E-state index in [1.54, 1.807) is 0 Å². The van der Waals surface area contributed by atoms with Gasteiger partial charge >= 0.3 is 0 Å². The van der Waals surface area contributed by atoms with Crippen molar-refractivity contribution in [3.05, 3.63) is 57.6 Å². The van der Waals surface area contributed by atoms with Gasteiger partial charge in [-0.25, -0.2) is 0 Å². The number of ether oxygens (including phenoxy) is 2. The number of hydrogen-bond donors (Lipinski definition) is 1. The van der Waals surface area contributed by atoms with Crippen LogP contribution in [0.4, 0.5) is 0 Å². The van der Waals surface area contributed by atoms with Gasteiger partial charge < -0.3 is 14.8 Å². The van der Waals surface area contributed by atoms with Crippen LogP contribution in [-0.2, 0) is 13.2 Å². The molecule has 0 atom stereocenters. The van der Waals surface area contributed by atoms with Crippen LogP contribution in [0.3, 0.4) is 0 Å². The Hall–Kier alpha value is -1.42. The summed E-state index contributed by atoms with van der Waals surface area (Å²) in [6.07, 6.45) is 0. The van der Waals surface area contributed by atoms with Crippen molar-refractivity contribution < 1.29 is 9.47 Å². The first-order valence-corrected chi connectivity index (χ1v) is 8.81. The second kappa shape index (κ2) is 9.16. The van der Waals surface area contributed by atoms with Crippen LogP contribution in [0.5, 0.6) is 11.5 Å². The van der Waals surface area contributed by atoms with Crippen LogP contribution in [0.15, 0.2) is 36.4 Å². The highest BCUT2D eigenvalue weighted by Gasteiger charge is 2.12. The van der Waals surface area contributed by atoms with E-state index in [9.17, 15) is 0 Å². The number of benzene rings is 2. The summed E-state index contributed by atoms with van der Waals surface area (Å²) in [6.45, 7) is 7.79. The Morgan fingerprint density at radius 2 is 1.79 bits per heavy atom. The molecule has 0 aliphatic rings. The van der Waals surface area contributed by atoms with E-state index in [4.69, 9.17) is 32.7 Å². The fourth-order valence-electron chi connectivity index (χ4n) is 2.20. The Morgan fingerprint density at radius 3 is 2.46 bits per heavy atom. The molecule has 1 N–H and O–H groups in total. The summed E-state index contributed by atoms with van der Waals surface area (Å²) in [4.78, 5) is 0. The molecule has 2 aromatic rings. The number of nitrogens with one attached hydrogen (secondary N) is 1. The van der Waals surface area contributed by atoms with Gasteiger partial charge in [0.2, 0.25) is 0 Å². The van der Waals surface area contributed by atoms with E-state index in [2.05, 4.69) is 19.2 Å². The van der Waals surface area contributed by atoms with E-state index in [0.717, 1.165) is 11.1 Å². The highest BCUT2D eigenvalue weighted by molar-refractivity contribution is 6.31. The summed E-state index contributed by atoms with van der Waals surface area (Å²) >= 11 is 12.4. The average molecular weight is 368 g/mol.